The first-order valence-corrected chi connectivity index (χ1v) is 5.81. The van der Waals surface area contributed by atoms with Gasteiger partial charge in [0.05, 0.1) is 25.5 Å². The van der Waals surface area contributed by atoms with E-state index in [1.807, 2.05) is 11.8 Å². The lowest BCUT2D eigenvalue weighted by molar-refractivity contribution is -0.00274. The van der Waals surface area contributed by atoms with E-state index in [0.29, 0.717) is 31.1 Å². The molecule has 1 aromatic rings. The van der Waals surface area contributed by atoms with Gasteiger partial charge >= 0.3 is 0 Å². The zero-order valence-electron chi connectivity index (χ0n) is 10.2. The number of morpholine rings is 1. The van der Waals surface area contributed by atoms with E-state index in [9.17, 15) is 4.79 Å². The summed E-state index contributed by atoms with van der Waals surface area (Å²) in [5, 5.41) is 4.00. The van der Waals surface area contributed by atoms with E-state index in [-0.39, 0.29) is 11.9 Å². The van der Waals surface area contributed by atoms with Crippen LogP contribution in [-0.2, 0) is 11.8 Å². The van der Waals surface area contributed by atoms with Crippen LogP contribution in [0.2, 0.25) is 0 Å². The van der Waals surface area contributed by atoms with Gasteiger partial charge in [-0.05, 0) is 6.42 Å². The number of aromatic nitrogens is 2. The number of carbonyl (C=O) groups excluding carboxylic acids is 1. The standard InChI is InChI=1S/C11H18N4O2/c1-3-8-7-17-5-4-15(8)11(16)9-6-13-14(2)10(9)12/h6,8H,3-5,7,12H2,1-2H3. The van der Waals surface area contributed by atoms with E-state index in [0.717, 1.165) is 6.42 Å². The number of hydrogen-bond donors (Lipinski definition) is 1. The summed E-state index contributed by atoms with van der Waals surface area (Å²) in [6, 6.07) is 0.135. The van der Waals surface area contributed by atoms with Gasteiger partial charge in [0.1, 0.15) is 11.4 Å². The Balaban J connectivity index is 2.21. The molecule has 1 aliphatic rings. The van der Waals surface area contributed by atoms with Gasteiger partial charge in [0, 0.05) is 13.6 Å². The van der Waals surface area contributed by atoms with Crippen molar-refractivity contribution in [3.05, 3.63) is 11.8 Å². The van der Waals surface area contributed by atoms with Gasteiger partial charge in [-0.3, -0.25) is 9.48 Å². The second-order valence-electron chi connectivity index (χ2n) is 4.20. The molecular formula is C11H18N4O2. The molecule has 1 aromatic heterocycles. The van der Waals surface area contributed by atoms with Crippen LogP contribution in [0, 0.1) is 0 Å². The maximum atomic E-state index is 12.3. The number of hydrogen-bond acceptors (Lipinski definition) is 4. The van der Waals surface area contributed by atoms with Gasteiger partial charge in [0.2, 0.25) is 0 Å². The maximum absolute atomic E-state index is 12.3. The van der Waals surface area contributed by atoms with Crippen molar-refractivity contribution in [1.82, 2.24) is 14.7 Å². The summed E-state index contributed by atoms with van der Waals surface area (Å²) in [4.78, 5) is 14.2. The fourth-order valence-corrected chi connectivity index (χ4v) is 2.03. The Hall–Kier alpha value is -1.56. The van der Waals surface area contributed by atoms with E-state index < -0.39 is 0 Å². The largest absolute Gasteiger partial charge is 0.383 e. The van der Waals surface area contributed by atoms with Gasteiger partial charge in [0.15, 0.2) is 0 Å². The van der Waals surface area contributed by atoms with Crippen LogP contribution in [0.5, 0.6) is 0 Å². The van der Waals surface area contributed by atoms with Crippen LogP contribution in [0.15, 0.2) is 6.20 Å². The molecule has 6 heteroatoms. The monoisotopic (exact) mass is 238 g/mol. The minimum atomic E-state index is -0.0502. The SMILES string of the molecule is CCC1COCCN1C(=O)c1cnn(C)c1N. The highest BCUT2D eigenvalue weighted by molar-refractivity contribution is 5.98. The Kier molecular flexibility index (Phi) is 3.33. The average molecular weight is 238 g/mol. The van der Waals surface area contributed by atoms with Crippen LogP contribution < -0.4 is 5.73 Å². The van der Waals surface area contributed by atoms with Gasteiger partial charge < -0.3 is 15.4 Å². The molecule has 1 atom stereocenters. The van der Waals surface area contributed by atoms with Gasteiger partial charge in [0.25, 0.3) is 5.91 Å². The number of nitrogen functional groups attached to an aromatic ring is 1. The van der Waals surface area contributed by atoms with E-state index in [2.05, 4.69) is 5.10 Å². The summed E-state index contributed by atoms with van der Waals surface area (Å²) >= 11 is 0. The number of ether oxygens (including phenoxy) is 1. The molecule has 0 radical (unpaired) electrons. The highest BCUT2D eigenvalue weighted by atomic mass is 16.5. The van der Waals surface area contributed by atoms with Crippen LogP contribution in [0.25, 0.3) is 0 Å². The van der Waals surface area contributed by atoms with Crippen LogP contribution in [-0.4, -0.2) is 46.4 Å². The number of carbonyl (C=O) groups is 1. The number of anilines is 1. The molecular weight excluding hydrogens is 220 g/mol. The summed E-state index contributed by atoms with van der Waals surface area (Å²) in [5.41, 5.74) is 6.30. The Morgan fingerprint density at radius 2 is 2.47 bits per heavy atom. The van der Waals surface area contributed by atoms with Gasteiger partial charge in [-0.25, -0.2) is 0 Å². The first kappa shape index (κ1) is 11.9. The Morgan fingerprint density at radius 1 is 1.71 bits per heavy atom. The van der Waals surface area contributed by atoms with Crippen molar-refractivity contribution in [3.8, 4) is 0 Å². The van der Waals surface area contributed by atoms with E-state index in [1.165, 1.54) is 10.9 Å². The number of amides is 1. The third-order valence-electron chi connectivity index (χ3n) is 3.17. The molecule has 94 valence electrons. The van der Waals surface area contributed by atoms with E-state index >= 15 is 0 Å². The maximum Gasteiger partial charge on any atom is 0.259 e. The molecule has 17 heavy (non-hydrogen) atoms. The second-order valence-corrected chi connectivity index (χ2v) is 4.20. The summed E-state index contributed by atoms with van der Waals surface area (Å²) in [5.74, 6) is 0.363. The zero-order chi connectivity index (χ0) is 12.4. The lowest BCUT2D eigenvalue weighted by Gasteiger charge is -2.34. The molecule has 0 bridgehead atoms. The van der Waals surface area contributed by atoms with Crippen molar-refractivity contribution in [2.24, 2.45) is 7.05 Å². The minimum Gasteiger partial charge on any atom is -0.383 e. The average Bonchev–Trinajstić information content (AvgIpc) is 2.69. The van der Waals surface area contributed by atoms with Crippen LogP contribution >= 0.6 is 0 Å². The quantitative estimate of drug-likeness (QED) is 0.801. The smallest absolute Gasteiger partial charge is 0.259 e. The molecule has 2 heterocycles. The first-order chi connectivity index (χ1) is 8.15. The number of rotatable bonds is 2. The lowest BCUT2D eigenvalue weighted by atomic mass is 10.1. The molecule has 6 nitrogen and oxygen atoms in total. The summed E-state index contributed by atoms with van der Waals surface area (Å²) in [6.07, 6.45) is 2.41. The third kappa shape index (κ3) is 2.12. The topological polar surface area (TPSA) is 73.4 Å². The number of aryl methyl sites for hydroxylation is 1. The summed E-state index contributed by atoms with van der Waals surface area (Å²) in [7, 11) is 1.72. The fourth-order valence-electron chi connectivity index (χ4n) is 2.03. The number of nitrogens with zero attached hydrogens (tertiary/aromatic N) is 3. The zero-order valence-corrected chi connectivity index (χ0v) is 10.2. The number of nitrogens with two attached hydrogens (primary N) is 1. The highest BCUT2D eigenvalue weighted by Gasteiger charge is 2.28. The molecule has 0 aliphatic carbocycles. The third-order valence-corrected chi connectivity index (χ3v) is 3.17. The van der Waals surface area contributed by atoms with Gasteiger partial charge in [-0.2, -0.15) is 5.10 Å². The van der Waals surface area contributed by atoms with Crippen molar-refractivity contribution in [1.29, 1.82) is 0 Å². The highest BCUT2D eigenvalue weighted by Crippen LogP contribution is 2.18. The molecule has 0 spiro atoms. The predicted octanol–water partition coefficient (Wildman–Crippen LogP) is 0.253. The van der Waals surface area contributed by atoms with Gasteiger partial charge in [-0.1, -0.05) is 6.92 Å². The molecule has 0 saturated carbocycles. The molecule has 2 rings (SSSR count). The summed E-state index contributed by atoms with van der Waals surface area (Å²) in [6.45, 7) is 3.85. The second kappa shape index (κ2) is 4.75. The Morgan fingerprint density at radius 3 is 3.06 bits per heavy atom. The first-order valence-electron chi connectivity index (χ1n) is 5.81. The minimum absolute atomic E-state index is 0.0502. The van der Waals surface area contributed by atoms with Crippen molar-refractivity contribution >= 4 is 11.7 Å². The van der Waals surface area contributed by atoms with Gasteiger partial charge in [-0.15, -0.1) is 0 Å². The van der Waals surface area contributed by atoms with E-state index in [4.69, 9.17) is 10.5 Å². The molecule has 1 amide bonds. The molecule has 0 aromatic carbocycles. The molecule has 1 saturated heterocycles. The lowest BCUT2D eigenvalue weighted by Crippen LogP contribution is -2.48. The van der Waals surface area contributed by atoms with Crippen molar-refractivity contribution in [3.63, 3.8) is 0 Å². The summed E-state index contributed by atoms with van der Waals surface area (Å²) < 4.78 is 6.89. The molecule has 1 unspecified atom stereocenters. The van der Waals surface area contributed by atoms with Crippen molar-refractivity contribution < 1.29 is 9.53 Å². The normalized spacial score (nSPS) is 20.6. The van der Waals surface area contributed by atoms with E-state index in [1.54, 1.807) is 7.05 Å². The van der Waals surface area contributed by atoms with Crippen molar-refractivity contribution in [2.45, 2.75) is 19.4 Å². The van der Waals surface area contributed by atoms with Crippen LogP contribution in [0.4, 0.5) is 5.82 Å². The molecule has 1 aliphatic heterocycles. The van der Waals surface area contributed by atoms with Crippen LogP contribution in [0.3, 0.4) is 0 Å². The van der Waals surface area contributed by atoms with Crippen molar-refractivity contribution in [2.75, 3.05) is 25.5 Å². The predicted molar refractivity (Wildman–Crippen MR) is 63.6 cm³/mol. The fraction of sp³-hybridized carbons (Fsp3) is 0.636. The molecule has 1 fully saturated rings. The molecule has 2 N–H and O–H groups in total. The Labute approximate surface area is 100 Å². The van der Waals surface area contributed by atoms with Crippen LogP contribution in [0.1, 0.15) is 23.7 Å². The Bertz CT molecular complexity index is 416.